The van der Waals surface area contributed by atoms with Crippen LogP contribution in [0.2, 0.25) is 0 Å². The molecule has 2 aromatic rings. The van der Waals surface area contributed by atoms with Gasteiger partial charge in [0.2, 0.25) is 0 Å². The Balaban J connectivity index is 0.000000853. The molecule has 15 heavy (non-hydrogen) atoms. The quantitative estimate of drug-likeness (QED) is 0.583. The number of rotatable bonds is 0. The van der Waals surface area contributed by atoms with E-state index < -0.39 is 0 Å². The summed E-state index contributed by atoms with van der Waals surface area (Å²) in [5.74, 6) is 0.558. The Labute approximate surface area is 91.6 Å². The average molecular weight is 196 g/mol. The molecule has 0 atom stereocenters. The van der Waals surface area contributed by atoms with Gasteiger partial charge < -0.3 is 0 Å². The van der Waals surface area contributed by atoms with Crippen molar-refractivity contribution in [3.05, 3.63) is 59.7 Å². The smallest absolute Gasteiger partial charge is 0.00733 e. The summed E-state index contributed by atoms with van der Waals surface area (Å²) in [5, 5.41) is 0. The Kier molecular flexibility index (Phi) is 2.36. The third-order valence-corrected chi connectivity index (χ3v) is 3.14. The van der Waals surface area contributed by atoms with Crippen molar-refractivity contribution in [2.75, 3.05) is 0 Å². The van der Waals surface area contributed by atoms with Crippen LogP contribution < -0.4 is 0 Å². The standard InChI is InChI=1S/C14H12.CH4/c1-10-11-6-2-4-8-13(11)14-9-5-3-7-12(10)14;/h2-10H,1H3;1H4. The molecule has 0 saturated carbocycles. The van der Waals surface area contributed by atoms with Gasteiger partial charge in [-0.3, -0.25) is 0 Å². The predicted octanol–water partition coefficient (Wildman–Crippen LogP) is 4.45. The molecular weight excluding hydrogens is 180 g/mol. The van der Waals surface area contributed by atoms with Gasteiger partial charge in [-0.05, 0) is 22.3 Å². The van der Waals surface area contributed by atoms with Crippen LogP contribution in [-0.4, -0.2) is 0 Å². The SMILES string of the molecule is C.CC1c2ccccc2-c2ccccc21. The topological polar surface area (TPSA) is 0 Å². The van der Waals surface area contributed by atoms with Crippen LogP contribution in [0.1, 0.15) is 31.4 Å². The summed E-state index contributed by atoms with van der Waals surface area (Å²) in [6.45, 7) is 2.28. The first-order chi connectivity index (χ1) is 6.88. The molecule has 0 unspecified atom stereocenters. The first kappa shape index (κ1) is 9.97. The van der Waals surface area contributed by atoms with Crippen molar-refractivity contribution in [3.63, 3.8) is 0 Å². The summed E-state index contributed by atoms with van der Waals surface area (Å²) in [5.41, 5.74) is 5.76. The van der Waals surface area contributed by atoms with Crippen molar-refractivity contribution in [2.24, 2.45) is 0 Å². The number of fused-ring (bicyclic) bond motifs is 3. The van der Waals surface area contributed by atoms with Gasteiger partial charge in [0, 0.05) is 5.92 Å². The van der Waals surface area contributed by atoms with Gasteiger partial charge in [-0.15, -0.1) is 0 Å². The summed E-state index contributed by atoms with van der Waals surface area (Å²) in [4.78, 5) is 0. The van der Waals surface area contributed by atoms with E-state index in [0.717, 1.165) is 0 Å². The number of hydrogen-bond acceptors (Lipinski definition) is 0. The van der Waals surface area contributed by atoms with Gasteiger partial charge >= 0.3 is 0 Å². The molecule has 2 aromatic carbocycles. The molecule has 0 heteroatoms. The van der Waals surface area contributed by atoms with Crippen LogP contribution in [0, 0.1) is 0 Å². The minimum Gasteiger partial charge on any atom is -0.0776 e. The molecule has 0 N–H and O–H groups in total. The monoisotopic (exact) mass is 196 g/mol. The minimum atomic E-state index is 0. The van der Waals surface area contributed by atoms with E-state index >= 15 is 0 Å². The van der Waals surface area contributed by atoms with Crippen LogP contribution >= 0.6 is 0 Å². The Bertz CT molecular complexity index is 437. The van der Waals surface area contributed by atoms with Gasteiger partial charge in [0.1, 0.15) is 0 Å². The Morgan fingerprint density at radius 3 is 1.60 bits per heavy atom. The molecule has 0 fully saturated rings. The second-order valence-corrected chi connectivity index (χ2v) is 3.90. The summed E-state index contributed by atoms with van der Waals surface area (Å²) in [6, 6.07) is 17.4. The van der Waals surface area contributed by atoms with E-state index in [4.69, 9.17) is 0 Å². The van der Waals surface area contributed by atoms with Crippen molar-refractivity contribution in [3.8, 4) is 11.1 Å². The molecule has 0 aliphatic heterocycles. The van der Waals surface area contributed by atoms with Crippen LogP contribution in [0.5, 0.6) is 0 Å². The third-order valence-electron chi connectivity index (χ3n) is 3.14. The second kappa shape index (κ2) is 3.54. The zero-order chi connectivity index (χ0) is 9.54. The van der Waals surface area contributed by atoms with Crippen molar-refractivity contribution in [1.82, 2.24) is 0 Å². The summed E-state index contributed by atoms with van der Waals surface area (Å²) in [6.07, 6.45) is 0. The van der Waals surface area contributed by atoms with Crippen molar-refractivity contribution >= 4 is 0 Å². The lowest BCUT2D eigenvalue weighted by Gasteiger charge is -2.04. The van der Waals surface area contributed by atoms with Gasteiger partial charge in [0.05, 0.1) is 0 Å². The fourth-order valence-corrected chi connectivity index (χ4v) is 2.41. The highest BCUT2D eigenvalue weighted by Crippen LogP contribution is 2.43. The van der Waals surface area contributed by atoms with Gasteiger partial charge in [0.15, 0.2) is 0 Å². The zero-order valence-electron chi connectivity index (χ0n) is 8.20. The van der Waals surface area contributed by atoms with Crippen LogP contribution in [0.3, 0.4) is 0 Å². The molecule has 1 aliphatic rings. The maximum atomic E-state index is 2.28. The lowest BCUT2D eigenvalue weighted by atomic mass is 10.00. The largest absolute Gasteiger partial charge is 0.0776 e. The van der Waals surface area contributed by atoms with Crippen LogP contribution in [-0.2, 0) is 0 Å². The predicted molar refractivity (Wildman–Crippen MR) is 66.1 cm³/mol. The van der Waals surface area contributed by atoms with E-state index in [1.165, 1.54) is 22.3 Å². The van der Waals surface area contributed by atoms with E-state index in [9.17, 15) is 0 Å². The fraction of sp³-hybridized carbons (Fsp3) is 0.200. The Hall–Kier alpha value is -1.56. The molecule has 3 rings (SSSR count). The highest BCUT2D eigenvalue weighted by Gasteiger charge is 2.23. The first-order valence-electron chi connectivity index (χ1n) is 5.06. The Morgan fingerprint density at radius 2 is 1.13 bits per heavy atom. The molecule has 0 spiro atoms. The van der Waals surface area contributed by atoms with E-state index in [-0.39, 0.29) is 7.43 Å². The van der Waals surface area contributed by atoms with Crippen molar-refractivity contribution < 1.29 is 0 Å². The third kappa shape index (κ3) is 1.29. The van der Waals surface area contributed by atoms with Gasteiger partial charge in [-0.2, -0.15) is 0 Å². The molecule has 0 nitrogen and oxygen atoms in total. The highest BCUT2D eigenvalue weighted by atomic mass is 14.3. The van der Waals surface area contributed by atoms with Crippen molar-refractivity contribution in [2.45, 2.75) is 20.3 Å². The molecule has 0 aromatic heterocycles. The van der Waals surface area contributed by atoms with Gasteiger partial charge in [-0.1, -0.05) is 62.9 Å². The molecule has 1 aliphatic carbocycles. The summed E-state index contributed by atoms with van der Waals surface area (Å²) >= 11 is 0. The van der Waals surface area contributed by atoms with Crippen LogP contribution in [0.4, 0.5) is 0 Å². The lowest BCUT2D eigenvalue weighted by Crippen LogP contribution is -1.87. The highest BCUT2D eigenvalue weighted by molar-refractivity contribution is 5.78. The van der Waals surface area contributed by atoms with E-state index in [1.807, 2.05) is 0 Å². The van der Waals surface area contributed by atoms with Crippen LogP contribution in [0.25, 0.3) is 11.1 Å². The second-order valence-electron chi connectivity index (χ2n) is 3.90. The maximum absolute atomic E-state index is 2.28. The molecule has 76 valence electrons. The molecule has 0 amide bonds. The zero-order valence-corrected chi connectivity index (χ0v) is 8.20. The molecular formula is C15H16. The summed E-state index contributed by atoms with van der Waals surface area (Å²) < 4.78 is 0. The molecule has 0 saturated heterocycles. The van der Waals surface area contributed by atoms with E-state index in [1.54, 1.807) is 0 Å². The molecule has 0 radical (unpaired) electrons. The molecule has 0 heterocycles. The Morgan fingerprint density at radius 1 is 0.733 bits per heavy atom. The molecule has 0 bridgehead atoms. The van der Waals surface area contributed by atoms with Gasteiger partial charge in [0.25, 0.3) is 0 Å². The fourth-order valence-electron chi connectivity index (χ4n) is 2.41. The maximum Gasteiger partial charge on any atom is 0.00733 e. The minimum absolute atomic E-state index is 0. The normalized spacial score (nSPS) is 12.9. The first-order valence-corrected chi connectivity index (χ1v) is 5.06. The van der Waals surface area contributed by atoms with Crippen LogP contribution in [0.15, 0.2) is 48.5 Å². The van der Waals surface area contributed by atoms with E-state index in [2.05, 4.69) is 55.5 Å². The van der Waals surface area contributed by atoms with Gasteiger partial charge in [-0.25, -0.2) is 0 Å². The number of hydrogen-bond donors (Lipinski definition) is 0. The summed E-state index contributed by atoms with van der Waals surface area (Å²) in [7, 11) is 0. The van der Waals surface area contributed by atoms with Crippen molar-refractivity contribution in [1.29, 1.82) is 0 Å². The lowest BCUT2D eigenvalue weighted by molar-refractivity contribution is 0.957. The number of benzene rings is 2. The van der Waals surface area contributed by atoms with E-state index in [0.29, 0.717) is 5.92 Å². The average Bonchev–Trinajstić information content (AvgIpc) is 2.55.